The molecular formula is C13H14O6. The highest BCUT2D eigenvalue weighted by Gasteiger charge is 2.16. The fourth-order valence-corrected chi connectivity index (χ4v) is 1.57. The Balaban J connectivity index is 3.10. The van der Waals surface area contributed by atoms with Crippen LogP contribution < -0.4 is 0 Å². The number of carbonyl (C=O) groups excluding carboxylic acids is 1. The highest BCUT2D eigenvalue weighted by atomic mass is 16.5. The Morgan fingerprint density at radius 2 is 1.89 bits per heavy atom. The van der Waals surface area contributed by atoms with Crippen LogP contribution in [0.2, 0.25) is 0 Å². The summed E-state index contributed by atoms with van der Waals surface area (Å²) in [5, 5.41) is 17.5. The van der Waals surface area contributed by atoms with Gasteiger partial charge >= 0.3 is 17.9 Å². The maximum atomic E-state index is 11.7. The van der Waals surface area contributed by atoms with Crippen LogP contribution in [-0.4, -0.2) is 34.7 Å². The van der Waals surface area contributed by atoms with Crippen molar-refractivity contribution < 1.29 is 29.3 Å². The van der Waals surface area contributed by atoms with Crippen LogP contribution in [0.5, 0.6) is 0 Å². The van der Waals surface area contributed by atoms with Crippen LogP contribution in [0.3, 0.4) is 0 Å². The van der Waals surface area contributed by atoms with Gasteiger partial charge in [0.25, 0.3) is 0 Å². The summed E-state index contributed by atoms with van der Waals surface area (Å²) in [5.74, 6) is -2.79. The molecule has 1 aromatic rings. The fraction of sp³-hybridized carbons (Fsp3) is 0.308. The van der Waals surface area contributed by atoms with Crippen LogP contribution >= 0.6 is 0 Å². The van der Waals surface area contributed by atoms with Crippen LogP contribution in [0.15, 0.2) is 18.2 Å². The largest absolute Gasteiger partial charge is 0.481 e. The number of esters is 1. The average molecular weight is 266 g/mol. The van der Waals surface area contributed by atoms with Crippen LogP contribution in [0.25, 0.3) is 0 Å². The summed E-state index contributed by atoms with van der Waals surface area (Å²) in [5.41, 5.74) is 0.524. The van der Waals surface area contributed by atoms with Crippen LogP contribution in [0.1, 0.15) is 39.6 Å². The van der Waals surface area contributed by atoms with Gasteiger partial charge in [0.05, 0.1) is 17.7 Å². The number of ether oxygens (including phenoxy) is 1. The molecule has 0 spiro atoms. The fourth-order valence-electron chi connectivity index (χ4n) is 1.57. The molecule has 0 amide bonds. The monoisotopic (exact) mass is 266 g/mol. The number of aromatic carboxylic acids is 1. The van der Waals surface area contributed by atoms with Gasteiger partial charge < -0.3 is 14.9 Å². The van der Waals surface area contributed by atoms with Gasteiger partial charge in [-0.1, -0.05) is 6.07 Å². The second kappa shape index (κ2) is 6.53. The average Bonchev–Trinajstić information content (AvgIpc) is 2.36. The lowest BCUT2D eigenvalue weighted by atomic mass is 10.00. The summed E-state index contributed by atoms with van der Waals surface area (Å²) >= 11 is 0. The van der Waals surface area contributed by atoms with E-state index in [0.717, 1.165) is 0 Å². The molecule has 0 bridgehead atoms. The van der Waals surface area contributed by atoms with Crippen molar-refractivity contribution in [2.75, 3.05) is 6.61 Å². The Hall–Kier alpha value is -2.37. The summed E-state index contributed by atoms with van der Waals surface area (Å²) in [7, 11) is 0. The molecule has 1 aromatic carbocycles. The topological polar surface area (TPSA) is 101 Å². The van der Waals surface area contributed by atoms with E-state index in [0.29, 0.717) is 5.56 Å². The molecule has 1 rings (SSSR count). The van der Waals surface area contributed by atoms with E-state index >= 15 is 0 Å². The van der Waals surface area contributed by atoms with Gasteiger partial charge in [-0.25, -0.2) is 9.59 Å². The van der Waals surface area contributed by atoms with Gasteiger partial charge in [-0.15, -0.1) is 0 Å². The van der Waals surface area contributed by atoms with Crippen LogP contribution in [0.4, 0.5) is 0 Å². The summed E-state index contributed by atoms with van der Waals surface area (Å²) in [4.78, 5) is 33.1. The standard InChI is InChI=1S/C13H14O6/c1-2-19-13(18)10-7-9(12(16)17)4-3-8(10)5-6-11(14)15/h3-4,7H,2,5-6H2,1H3,(H,14,15)(H,16,17). The second-order valence-electron chi connectivity index (χ2n) is 3.79. The molecular weight excluding hydrogens is 252 g/mol. The van der Waals surface area contributed by atoms with Crippen molar-refractivity contribution in [3.63, 3.8) is 0 Å². The second-order valence-corrected chi connectivity index (χ2v) is 3.79. The lowest BCUT2D eigenvalue weighted by Crippen LogP contribution is -2.11. The first-order valence-corrected chi connectivity index (χ1v) is 5.70. The third-order valence-corrected chi connectivity index (χ3v) is 2.46. The van der Waals surface area contributed by atoms with Crippen molar-refractivity contribution in [3.8, 4) is 0 Å². The molecule has 0 aliphatic carbocycles. The van der Waals surface area contributed by atoms with E-state index in [4.69, 9.17) is 14.9 Å². The molecule has 0 heterocycles. The Kier molecular flexibility index (Phi) is 5.05. The van der Waals surface area contributed by atoms with E-state index in [2.05, 4.69) is 0 Å². The van der Waals surface area contributed by atoms with Gasteiger partial charge in [-0.3, -0.25) is 4.79 Å². The highest BCUT2D eigenvalue weighted by molar-refractivity contribution is 5.95. The smallest absolute Gasteiger partial charge is 0.338 e. The van der Waals surface area contributed by atoms with Gasteiger partial charge in [0.15, 0.2) is 0 Å². The molecule has 0 saturated heterocycles. The predicted molar refractivity (Wildman–Crippen MR) is 65.3 cm³/mol. The Labute approximate surface area is 109 Å². The number of aliphatic carboxylic acids is 1. The highest BCUT2D eigenvalue weighted by Crippen LogP contribution is 2.16. The molecule has 0 aliphatic heterocycles. The normalized spacial score (nSPS) is 9.95. The zero-order valence-corrected chi connectivity index (χ0v) is 10.4. The lowest BCUT2D eigenvalue weighted by molar-refractivity contribution is -0.136. The summed E-state index contributed by atoms with van der Waals surface area (Å²) in [6.07, 6.45) is 0.00219. The number of aryl methyl sites for hydroxylation is 1. The van der Waals surface area contributed by atoms with Crippen LogP contribution in [-0.2, 0) is 16.0 Å². The quantitative estimate of drug-likeness (QED) is 0.758. The number of hydrogen-bond donors (Lipinski definition) is 2. The zero-order valence-electron chi connectivity index (χ0n) is 10.4. The van der Waals surface area contributed by atoms with Crippen molar-refractivity contribution in [2.45, 2.75) is 19.8 Å². The molecule has 0 radical (unpaired) electrons. The first kappa shape index (κ1) is 14.7. The van der Waals surface area contributed by atoms with E-state index in [1.165, 1.54) is 18.2 Å². The molecule has 0 saturated carbocycles. The summed E-state index contributed by atoms with van der Waals surface area (Å²) < 4.78 is 4.83. The SMILES string of the molecule is CCOC(=O)c1cc(C(=O)O)ccc1CCC(=O)O. The Morgan fingerprint density at radius 3 is 2.42 bits per heavy atom. The maximum Gasteiger partial charge on any atom is 0.338 e. The number of benzene rings is 1. The van der Waals surface area contributed by atoms with Gasteiger partial charge in [-0.2, -0.15) is 0 Å². The first-order chi connectivity index (χ1) is 8.95. The number of carboxylic acid groups (broad SMARTS) is 2. The van der Waals surface area contributed by atoms with Crippen molar-refractivity contribution in [1.29, 1.82) is 0 Å². The van der Waals surface area contributed by atoms with Crippen molar-refractivity contribution in [2.24, 2.45) is 0 Å². The minimum Gasteiger partial charge on any atom is -0.481 e. The van der Waals surface area contributed by atoms with Crippen molar-refractivity contribution >= 4 is 17.9 Å². The van der Waals surface area contributed by atoms with E-state index in [1.54, 1.807) is 6.92 Å². The molecule has 0 fully saturated rings. The summed E-state index contributed by atoms with van der Waals surface area (Å²) in [6.45, 7) is 1.80. The molecule has 0 unspecified atom stereocenters. The first-order valence-electron chi connectivity index (χ1n) is 5.70. The number of carboxylic acids is 2. The Morgan fingerprint density at radius 1 is 1.21 bits per heavy atom. The molecule has 6 nitrogen and oxygen atoms in total. The predicted octanol–water partition coefficient (Wildman–Crippen LogP) is 1.58. The Bertz CT molecular complexity index is 506. The molecule has 102 valence electrons. The molecule has 6 heteroatoms. The molecule has 0 aliphatic rings. The van der Waals surface area contributed by atoms with Gasteiger partial charge in [-0.05, 0) is 31.0 Å². The molecule has 0 atom stereocenters. The van der Waals surface area contributed by atoms with Gasteiger partial charge in [0, 0.05) is 6.42 Å². The third kappa shape index (κ3) is 4.09. The number of hydrogen-bond acceptors (Lipinski definition) is 4. The molecule has 19 heavy (non-hydrogen) atoms. The van der Waals surface area contributed by atoms with Crippen molar-refractivity contribution in [3.05, 3.63) is 34.9 Å². The lowest BCUT2D eigenvalue weighted by Gasteiger charge is -2.09. The van der Waals surface area contributed by atoms with Gasteiger partial charge in [0.1, 0.15) is 0 Å². The molecule has 0 aromatic heterocycles. The maximum absolute atomic E-state index is 11.7. The minimum atomic E-state index is -1.16. The summed E-state index contributed by atoms with van der Waals surface area (Å²) in [6, 6.07) is 3.98. The number of rotatable bonds is 6. The number of carbonyl (C=O) groups is 3. The third-order valence-electron chi connectivity index (χ3n) is 2.46. The van der Waals surface area contributed by atoms with Crippen molar-refractivity contribution in [1.82, 2.24) is 0 Å². The van der Waals surface area contributed by atoms with Gasteiger partial charge in [0.2, 0.25) is 0 Å². The van der Waals surface area contributed by atoms with E-state index in [-0.39, 0.29) is 30.6 Å². The minimum absolute atomic E-state index is 0.0397. The zero-order chi connectivity index (χ0) is 14.4. The van der Waals surface area contributed by atoms with E-state index in [1.807, 2.05) is 0 Å². The molecule has 2 N–H and O–H groups in total. The van der Waals surface area contributed by atoms with E-state index in [9.17, 15) is 14.4 Å². The van der Waals surface area contributed by atoms with E-state index < -0.39 is 17.9 Å². The van der Waals surface area contributed by atoms with Crippen LogP contribution in [0, 0.1) is 0 Å².